The zero-order valence-corrected chi connectivity index (χ0v) is 11.4. The number of hydrogen-bond acceptors (Lipinski definition) is 2. The zero-order valence-electron chi connectivity index (χ0n) is 11.4. The molecular weight excluding hydrogens is 236 g/mol. The van der Waals surface area contributed by atoms with Gasteiger partial charge in [0.25, 0.3) is 0 Å². The van der Waals surface area contributed by atoms with E-state index >= 15 is 0 Å². The molecule has 3 nitrogen and oxygen atoms in total. The van der Waals surface area contributed by atoms with Gasteiger partial charge in [-0.1, -0.05) is 17.7 Å². The van der Waals surface area contributed by atoms with Crippen LogP contribution in [-0.2, 0) is 6.54 Å². The molecule has 3 heteroatoms. The van der Waals surface area contributed by atoms with E-state index in [9.17, 15) is 0 Å². The number of furan rings is 1. The number of quaternary nitrogens is 1. The lowest BCUT2D eigenvalue weighted by molar-refractivity contribution is -0.915. The van der Waals surface area contributed by atoms with E-state index in [1.807, 2.05) is 6.07 Å². The summed E-state index contributed by atoms with van der Waals surface area (Å²) >= 11 is 0. The van der Waals surface area contributed by atoms with Crippen molar-refractivity contribution in [2.75, 3.05) is 31.1 Å². The lowest BCUT2D eigenvalue weighted by atomic mass is 10.2. The van der Waals surface area contributed by atoms with Gasteiger partial charge >= 0.3 is 0 Å². The predicted molar refractivity (Wildman–Crippen MR) is 76.5 cm³/mol. The number of nitrogens with one attached hydrogen (secondary N) is 1. The van der Waals surface area contributed by atoms with Crippen LogP contribution in [0.5, 0.6) is 0 Å². The van der Waals surface area contributed by atoms with Crippen molar-refractivity contribution < 1.29 is 9.32 Å². The second-order valence-corrected chi connectivity index (χ2v) is 5.33. The predicted octanol–water partition coefficient (Wildman–Crippen LogP) is 1.49. The van der Waals surface area contributed by atoms with Gasteiger partial charge in [0.2, 0.25) is 0 Å². The molecule has 0 atom stereocenters. The van der Waals surface area contributed by atoms with Crippen LogP contribution < -0.4 is 9.80 Å². The zero-order chi connectivity index (χ0) is 13.1. The largest absolute Gasteiger partial charge is 0.463 e. The maximum absolute atomic E-state index is 5.43. The molecule has 0 radical (unpaired) electrons. The van der Waals surface area contributed by atoms with Gasteiger partial charge in [-0.15, -0.1) is 0 Å². The van der Waals surface area contributed by atoms with E-state index in [-0.39, 0.29) is 0 Å². The summed E-state index contributed by atoms with van der Waals surface area (Å²) in [6.45, 7) is 7.74. The number of nitrogens with zero attached hydrogens (tertiary/aromatic N) is 1. The molecule has 1 aromatic carbocycles. The Balaban J connectivity index is 1.56. The van der Waals surface area contributed by atoms with Gasteiger partial charge in [0.1, 0.15) is 6.54 Å². The van der Waals surface area contributed by atoms with Crippen LogP contribution in [0.1, 0.15) is 11.3 Å². The monoisotopic (exact) mass is 257 g/mol. The third-order valence-corrected chi connectivity index (χ3v) is 3.87. The highest BCUT2D eigenvalue weighted by atomic mass is 16.3. The Kier molecular flexibility index (Phi) is 3.56. The van der Waals surface area contributed by atoms with Crippen molar-refractivity contribution >= 4 is 5.69 Å². The Morgan fingerprint density at radius 1 is 1.11 bits per heavy atom. The first-order valence-corrected chi connectivity index (χ1v) is 6.99. The van der Waals surface area contributed by atoms with Crippen molar-refractivity contribution in [3.05, 3.63) is 54.0 Å². The molecule has 3 rings (SSSR count). The van der Waals surface area contributed by atoms with Crippen LogP contribution in [0.15, 0.2) is 47.1 Å². The van der Waals surface area contributed by atoms with Crippen LogP contribution in [0.4, 0.5) is 5.69 Å². The van der Waals surface area contributed by atoms with E-state index in [4.69, 9.17) is 4.42 Å². The molecule has 19 heavy (non-hydrogen) atoms. The third-order valence-electron chi connectivity index (χ3n) is 3.87. The molecule has 1 aromatic heterocycles. The molecule has 2 heterocycles. The van der Waals surface area contributed by atoms with E-state index in [2.05, 4.69) is 42.2 Å². The number of benzene rings is 1. The molecule has 0 unspecified atom stereocenters. The molecule has 1 aliphatic rings. The minimum Gasteiger partial charge on any atom is -0.463 e. The van der Waals surface area contributed by atoms with Crippen LogP contribution in [0, 0.1) is 6.92 Å². The SMILES string of the molecule is Cc1ccc(N2CC[NH+](Cc3ccco3)CC2)cc1. The number of piperazine rings is 1. The quantitative estimate of drug-likeness (QED) is 0.899. The fourth-order valence-corrected chi connectivity index (χ4v) is 2.67. The second kappa shape index (κ2) is 5.49. The topological polar surface area (TPSA) is 20.8 Å². The summed E-state index contributed by atoms with van der Waals surface area (Å²) in [6.07, 6.45) is 1.76. The Morgan fingerprint density at radius 2 is 1.84 bits per heavy atom. The van der Waals surface area contributed by atoms with Crippen LogP contribution >= 0.6 is 0 Å². The molecule has 0 amide bonds. The van der Waals surface area contributed by atoms with Gasteiger partial charge in [0, 0.05) is 5.69 Å². The average molecular weight is 257 g/mol. The molecular formula is C16H21N2O+. The highest BCUT2D eigenvalue weighted by Crippen LogP contribution is 2.14. The average Bonchev–Trinajstić information content (AvgIpc) is 2.94. The Bertz CT molecular complexity index is 496. The number of hydrogen-bond donors (Lipinski definition) is 1. The Labute approximate surface area is 114 Å². The first-order valence-electron chi connectivity index (χ1n) is 6.99. The highest BCUT2D eigenvalue weighted by molar-refractivity contribution is 5.47. The van der Waals surface area contributed by atoms with Gasteiger partial charge < -0.3 is 14.2 Å². The summed E-state index contributed by atoms with van der Waals surface area (Å²) in [6, 6.07) is 12.9. The maximum atomic E-state index is 5.43. The molecule has 0 bridgehead atoms. The molecule has 100 valence electrons. The summed E-state index contributed by atoms with van der Waals surface area (Å²) in [7, 11) is 0. The van der Waals surface area contributed by atoms with Gasteiger partial charge in [0.15, 0.2) is 5.76 Å². The Hall–Kier alpha value is -1.74. The van der Waals surface area contributed by atoms with Gasteiger partial charge in [-0.05, 0) is 31.2 Å². The van der Waals surface area contributed by atoms with Crippen molar-refractivity contribution in [3.63, 3.8) is 0 Å². The maximum Gasteiger partial charge on any atom is 0.157 e. The normalized spacial score (nSPS) is 16.8. The summed E-state index contributed by atoms with van der Waals surface area (Å²) < 4.78 is 5.43. The van der Waals surface area contributed by atoms with Crippen molar-refractivity contribution in [1.29, 1.82) is 0 Å². The molecule has 1 saturated heterocycles. The summed E-state index contributed by atoms with van der Waals surface area (Å²) in [5.41, 5.74) is 2.67. The molecule has 1 N–H and O–H groups in total. The smallest absolute Gasteiger partial charge is 0.157 e. The number of aryl methyl sites for hydroxylation is 1. The van der Waals surface area contributed by atoms with Crippen molar-refractivity contribution in [1.82, 2.24) is 0 Å². The molecule has 1 fully saturated rings. The lowest BCUT2D eigenvalue weighted by Gasteiger charge is -2.33. The standard InChI is InChI=1S/C16H20N2O/c1-14-4-6-15(7-5-14)18-10-8-17(9-11-18)13-16-3-2-12-19-16/h2-7,12H,8-11,13H2,1H3/p+1. The van der Waals surface area contributed by atoms with Crippen molar-refractivity contribution in [2.45, 2.75) is 13.5 Å². The van der Waals surface area contributed by atoms with Gasteiger partial charge in [-0.2, -0.15) is 0 Å². The molecule has 1 aliphatic heterocycles. The molecule has 0 saturated carbocycles. The summed E-state index contributed by atoms with van der Waals surface area (Å²) in [4.78, 5) is 4.09. The molecule has 2 aromatic rings. The molecule has 0 aliphatic carbocycles. The van der Waals surface area contributed by atoms with Crippen molar-refractivity contribution in [2.24, 2.45) is 0 Å². The fourth-order valence-electron chi connectivity index (χ4n) is 2.67. The van der Waals surface area contributed by atoms with Crippen LogP contribution in [0.2, 0.25) is 0 Å². The summed E-state index contributed by atoms with van der Waals surface area (Å²) in [5.74, 6) is 1.10. The first-order chi connectivity index (χ1) is 9.31. The number of rotatable bonds is 3. The van der Waals surface area contributed by atoms with Crippen molar-refractivity contribution in [3.8, 4) is 0 Å². The summed E-state index contributed by atoms with van der Waals surface area (Å²) in [5, 5.41) is 0. The fraction of sp³-hybridized carbons (Fsp3) is 0.375. The van der Waals surface area contributed by atoms with Crippen LogP contribution in [-0.4, -0.2) is 26.2 Å². The van der Waals surface area contributed by atoms with E-state index in [0.29, 0.717) is 0 Å². The van der Waals surface area contributed by atoms with E-state index in [1.54, 1.807) is 11.2 Å². The minimum absolute atomic E-state index is 1.01. The molecule has 0 spiro atoms. The van der Waals surface area contributed by atoms with Crippen LogP contribution in [0.25, 0.3) is 0 Å². The van der Waals surface area contributed by atoms with E-state index in [1.165, 1.54) is 24.3 Å². The minimum atomic E-state index is 1.01. The van der Waals surface area contributed by atoms with Gasteiger partial charge in [-0.3, -0.25) is 0 Å². The number of anilines is 1. The van der Waals surface area contributed by atoms with E-state index < -0.39 is 0 Å². The van der Waals surface area contributed by atoms with Crippen LogP contribution in [0.3, 0.4) is 0 Å². The lowest BCUT2D eigenvalue weighted by Crippen LogP contribution is -3.13. The first kappa shape index (κ1) is 12.3. The Morgan fingerprint density at radius 3 is 2.47 bits per heavy atom. The second-order valence-electron chi connectivity index (χ2n) is 5.33. The van der Waals surface area contributed by atoms with Gasteiger partial charge in [-0.25, -0.2) is 0 Å². The van der Waals surface area contributed by atoms with Gasteiger partial charge in [0.05, 0.1) is 32.4 Å². The third kappa shape index (κ3) is 2.99. The van der Waals surface area contributed by atoms with E-state index in [0.717, 1.165) is 25.4 Å². The highest BCUT2D eigenvalue weighted by Gasteiger charge is 2.20.